The standard InChI is InChI=1S/C19H17BrN2O2/c1-24-19(23)16-10-13-11-6-3-5-9-15(11)21-18(13)17(22-16)12-7-2-4-8-14(12)20/h2-9,16-17,21-22H,10H2,1H3. The average molecular weight is 385 g/mol. The topological polar surface area (TPSA) is 54.1 Å². The summed E-state index contributed by atoms with van der Waals surface area (Å²) < 4.78 is 6.00. The Morgan fingerprint density at radius 2 is 1.92 bits per heavy atom. The van der Waals surface area contributed by atoms with Crippen molar-refractivity contribution in [3.63, 3.8) is 0 Å². The number of rotatable bonds is 2. The van der Waals surface area contributed by atoms with Crippen molar-refractivity contribution >= 4 is 32.8 Å². The highest BCUT2D eigenvalue weighted by molar-refractivity contribution is 9.10. The molecule has 0 aliphatic carbocycles. The molecular formula is C19H17BrN2O2. The Kier molecular flexibility index (Phi) is 3.90. The Balaban J connectivity index is 1.90. The van der Waals surface area contributed by atoms with Gasteiger partial charge in [-0.15, -0.1) is 0 Å². The number of ether oxygens (including phenoxy) is 1. The second kappa shape index (κ2) is 6.07. The Bertz CT molecular complexity index is 919. The highest BCUT2D eigenvalue weighted by Crippen LogP contribution is 2.37. The van der Waals surface area contributed by atoms with Crippen LogP contribution in [0.25, 0.3) is 10.9 Å². The van der Waals surface area contributed by atoms with Gasteiger partial charge in [0.15, 0.2) is 0 Å². The van der Waals surface area contributed by atoms with E-state index in [-0.39, 0.29) is 18.1 Å². The number of aromatic nitrogens is 1. The fraction of sp³-hybridized carbons (Fsp3) is 0.211. The summed E-state index contributed by atoms with van der Waals surface area (Å²) in [6.07, 6.45) is 0.618. The van der Waals surface area contributed by atoms with Crippen LogP contribution in [0, 0.1) is 0 Å². The van der Waals surface area contributed by atoms with E-state index < -0.39 is 0 Å². The van der Waals surface area contributed by atoms with E-state index in [4.69, 9.17) is 4.74 Å². The van der Waals surface area contributed by atoms with Crippen LogP contribution in [0.3, 0.4) is 0 Å². The molecule has 0 amide bonds. The second-order valence-corrected chi connectivity index (χ2v) is 6.82. The summed E-state index contributed by atoms with van der Waals surface area (Å²) in [5.74, 6) is -0.233. The van der Waals surface area contributed by atoms with Gasteiger partial charge in [-0.2, -0.15) is 0 Å². The van der Waals surface area contributed by atoms with Crippen LogP contribution in [0.5, 0.6) is 0 Å². The zero-order valence-electron chi connectivity index (χ0n) is 13.2. The van der Waals surface area contributed by atoms with Gasteiger partial charge >= 0.3 is 5.97 Å². The van der Waals surface area contributed by atoms with E-state index in [1.165, 1.54) is 18.1 Å². The summed E-state index contributed by atoms with van der Waals surface area (Å²) in [6.45, 7) is 0. The zero-order valence-corrected chi connectivity index (χ0v) is 14.8. The van der Waals surface area contributed by atoms with Gasteiger partial charge in [0.05, 0.1) is 13.2 Å². The molecule has 4 nitrogen and oxygen atoms in total. The molecule has 0 bridgehead atoms. The van der Waals surface area contributed by atoms with E-state index in [0.29, 0.717) is 6.42 Å². The third-order valence-electron chi connectivity index (χ3n) is 4.61. The van der Waals surface area contributed by atoms with Gasteiger partial charge in [0.25, 0.3) is 0 Å². The molecule has 1 aromatic heterocycles. The van der Waals surface area contributed by atoms with Crippen molar-refractivity contribution in [3.8, 4) is 0 Å². The fourth-order valence-electron chi connectivity index (χ4n) is 3.48. The summed E-state index contributed by atoms with van der Waals surface area (Å²) in [5, 5.41) is 4.61. The van der Waals surface area contributed by atoms with E-state index >= 15 is 0 Å². The normalized spacial score (nSPS) is 19.9. The second-order valence-electron chi connectivity index (χ2n) is 5.96. The van der Waals surface area contributed by atoms with Gasteiger partial charge in [0.1, 0.15) is 6.04 Å². The molecule has 1 aliphatic rings. The number of hydrogen-bond acceptors (Lipinski definition) is 3. The molecule has 0 spiro atoms. The smallest absolute Gasteiger partial charge is 0.323 e. The van der Waals surface area contributed by atoms with Gasteiger partial charge in [-0.3, -0.25) is 10.1 Å². The van der Waals surface area contributed by atoms with Crippen molar-refractivity contribution in [1.29, 1.82) is 0 Å². The van der Waals surface area contributed by atoms with Crippen molar-refractivity contribution in [2.24, 2.45) is 0 Å². The number of benzene rings is 2. The lowest BCUT2D eigenvalue weighted by Crippen LogP contribution is -2.45. The van der Waals surface area contributed by atoms with E-state index in [1.807, 2.05) is 30.3 Å². The lowest BCUT2D eigenvalue weighted by Gasteiger charge is -2.30. The molecule has 5 heteroatoms. The van der Waals surface area contributed by atoms with E-state index in [0.717, 1.165) is 21.2 Å². The summed E-state index contributed by atoms with van der Waals surface area (Å²) in [5.41, 5.74) is 4.48. The van der Waals surface area contributed by atoms with Gasteiger partial charge in [-0.1, -0.05) is 52.3 Å². The van der Waals surface area contributed by atoms with Crippen LogP contribution in [0.1, 0.15) is 22.9 Å². The van der Waals surface area contributed by atoms with Gasteiger partial charge in [-0.05, 0) is 23.3 Å². The molecule has 2 N–H and O–H groups in total. The molecule has 122 valence electrons. The van der Waals surface area contributed by atoms with Crippen LogP contribution in [-0.4, -0.2) is 24.1 Å². The molecule has 2 atom stereocenters. The van der Waals surface area contributed by atoms with Crippen LogP contribution in [-0.2, 0) is 16.0 Å². The summed E-state index contributed by atoms with van der Waals surface area (Å²) >= 11 is 3.63. The molecule has 3 aromatic rings. The zero-order chi connectivity index (χ0) is 16.7. The van der Waals surface area contributed by atoms with Crippen LogP contribution >= 0.6 is 15.9 Å². The predicted molar refractivity (Wildman–Crippen MR) is 96.9 cm³/mol. The number of halogens is 1. The predicted octanol–water partition coefficient (Wildman–Crippen LogP) is 3.71. The van der Waals surface area contributed by atoms with Crippen LogP contribution in [0.4, 0.5) is 0 Å². The Hall–Kier alpha value is -2.11. The first-order valence-electron chi connectivity index (χ1n) is 7.87. The van der Waals surface area contributed by atoms with Crippen molar-refractivity contribution in [2.45, 2.75) is 18.5 Å². The molecule has 2 aromatic carbocycles. The Morgan fingerprint density at radius 1 is 1.17 bits per heavy atom. The largest absolute Gasteiger partial charge is 0.468 e. The van der Waals surface area contributed by atoms with Gasteiger partial charge in [-0.25, -0.2) is 0 Å². The molecule has 4 rings (SSSR count). The highest BCUT2D eigenvalue weighted by atomic mass is 79.9. The maximum Gasteiger partial charge on any atom is 0.323 e. The fourth-order valence-corrected chi connectivity index (χ4v) is 4.00. The molecule has 0 saturated heterocycles. The molecule has 2 unspecified atom stereocenters. The van der Waals surface area contributed by atoms with Gasteiger partial charge in [0.2, 0.25) is 0 Å². The number of para-hydroxylation sites is 1. The minimum Gasteiger partial charge on any atom is -0.468 e. The quantitative estimate of drug-likeness (QED) is 0.662. The Labute approximate surface area is 148 Å². The lowest BCUT2D eigenvalue weighted by atomic mass is 9.90. The molecule has 2 heterocycles. The number of esters is 1. The van der Waals surface area contributed by atoms with Crippen molar-refractivity contribution < 1.29 is 9.53 Å². The van der Waals surface area contributed by atoms with Crippen molar-refractivity contribution in [2.75, 3.05) is 7.11 Å². The first-order chi connectivity index (χ1) is 11.7. The van der Waals surface area contributed by atoms with E-state index in [2.05, 4.69) is 44.4 Å². The number of methoxy groups -OCH3 is 1. The molecular weight excluding hydrogens is 368 g/mol. The number of aromatic amines is 1. The summed E-state index contributed by atoms with van der Waals surface area (Å²) in [7, 11) is 1.43. The molecule has 0 saturated carbocycles. The van der Waals surface area contributed by atoms with Crippen LogP contribution in [0.2, 0.25) is 0 Å². The first kappa shape index (κ1) is 15.4. The van der Waals surface area contributed by atoms with Gasteiger partial charge < -0.3 is 9.72 Å². The number of H-pyrrole nitrogens is 1. The van der Waals surface area contributed by atoms with Crippen molar-refractivity contribution in [3.05, 3.63) is 69.8 Å². The minimum absolute atomic E-state index is 0.0965. The number of hydrogen-bond donors (Lipinski definition) is 2. The Morgan fingerprint density at radius 3 is 2.71 bits per heavy atom. The van der Waals surface area contributed by atoms with Crippen LogP contribution in [0.15, 0.2) is 53.0 Å². The first-order valence-corrected chi connectivity index (χ1v) is 8.66. The van der Waals surface area contributed by atoms with Crippen LogP contribution < -0.4 is 5.32 Å². The maximum absolute atomic E-state index is 12.2. The number of carbonyl (C=O) groups excluding carboxylic acids is 1. The highest BCUT2D eigenvalue weighted by Gasteiger charge is 2.34. The van der Waals surface area contributed by atoms with Crippen molar-refractivity contribution in [1.82, 2.24) is 10.3 Å². The summed E-state index contributed by atoms with van der Waals surface area (Å²) in [6, 6.07) is 15.8. The molecule has 1 aliphatic heterocycles. The average Bonchev–Trinajstić information content (AvgIpc) is 2.99. The third kappa shape index (κ3) is 2.44. The number of carbonyl (C=O) groups is 1. The molecule has 24 heavy (non-hydrogen) atoms. The molecule has 0 radical (unpaired) electrons. The molecule has 0 fully saturated rings. The third-order valence-corrected chi connectivity index (χ3v) is 5.34. The van der Waals surface area contributed by atoms with E-state index in [9.17, 15) is 4.79 Å². The van der Waals surface area contributed by atoms with E-state index in [1.54, 1.807) is 0 Å². The van der Waals surface area contributed by atoms with Gasteiger partial charge in [0, 0.05) is 27.5 Å². The summed E-state index contributed by atoms with van der Waals surface area (Å²) in [4.78, 5) is 15.7. The number of fused-ring (bicyclic) bond motifs is 3. The number of nitrogens with one attached hydrogen (secondary N) is 2. The minimum atomic E-state index is -0.362. The lowest BCUT2D eigenvalue weighted by molar-refractivity contribution is -0.143. The maximum atomic E-state index is 12.2. The monoisotopic (exact) mass is 384 g/mol. The SMILES string of the molecule is COC(=O)C1Cc2c([nH]c3ccccc23)C(c2ccccc2Br)N1.